The molecule has 1 amide bonds. The highest BCUT2D eigenvalue weighted by Crippen LogP contribution is 2.21. The van der Waals surface area contributed by atoms with Crippen LogP contribution in [0.5, 0.6) is 0 Å². The zero-order chi connectivity index (χ0) is 12.3. The van der Waals surface area contributed by atoms with Gasteiger partial charge in [0.05, 0.1) is 6.04 Å². The van der Waals surface area contributed by atoms with Gasteiger partial charge in [0.15, 0.2) is 5.82 Å². The third-order valence-electron chi connectivity index (χ3n) is 3.29. The first kappa shape index (κ1) is 12.0. The highest BCUT2D eigenvalue weighted by molar-refractivity contribution is 5.96. The van der Waals surface area contributed by atoms with Crippen molar-refractivity contribution in [1.82, 2.24) is 15.5 Å². The van der Waals surface area contributed by atoms with Gasteiger partial charge in [0.2, 0.25) is 5.91 Å². The minimum absolute atomic E-state index is 0.0954. The Labute approximate surface area is 101 Å². The number of aromatic nitrogens is 2. The zero-order valence-electron chi connectivity index (χ0n) is 10.3. The van der Waals surface area contributed by atoms with E-state index in [0.29, 0.717) is 11.7 Å². The molecular weight excluding hydrogens is 216 g/mol. The molecule has 0 radical (unpaired) electrons. The topological polar surface area (TPSA) is 58.1 Å². The fourth-order valence-corrected chi connectivity index (χ4v) is 2.33. The Balaban J connectivity index is 2.25. The summed E-state index contributed by atoms with van der Waals surface area (Å²) in [4.78, 5) is 14.1. The highest BCUT2D eigenvalue weighted by atomic mass is 16.2. The number of carbonyl (C=O) groups excluding carboxylic acids is 1. The minimum atomic E-state index is -0.125. The van der Waals surface area contributed by atoms with Crippen molar-refractivity contribution >= 4 is 11.7 Å². The van der Waals surface area contributed by atoms with Crippen LogP contribution in [-0.2, 0) is 4.79 Å². The lowest BCUT2D eigenvalue weighted by Gasteiger charge is -2.24. The number of nitrogens with zero attached hydrogens (tertiary/aromatic N) is 3. The summed E-state index contributed by atoms with van der Waals surface area (Å²) in [6, 6.07) is 3.51. The molecule has 17 heavy (non-hydrogen) atoms. The van der Waals surface area contributed by atoms with Crippen LogP contribution in [0.1, 0.15) is 19.8 Å². The van der Waals surface area contributed by atoms with Gasteiger partial charge >= 0.3 is 0 Å². The molecule has 0 spiro atoms. The Bertz CT molecular complexity index is 381. The molecule has 2 rings (SSSR count). The number of hydrogen-bond acceptors (Lipinski definition) is 4. The fourth-order valence-electron chi connectivity index (χ4n) is 2.33. The van der Waals surface area contributed by atoms with Gasteiger partial charge in [0.25, 0.3) is 0 Å². The highest BCUT2D eigenvalue weighted by Gasteiger charge is 2.32. The Hall–Kier alpha value is -1.49. The van der Waals surface area contributed by atoms with Gasteiger partial charge in [-0.2, -0.15) is 5.10 Å². The number of hydrogen-bond donors (Lipinski definition) is 1. The number of likely N-dealkylation sites (N-methyl/N-ethyl adjacent to an activating group) is 1. The van der Waals surface area contributed by atoms with Crippen LogP contribution in [0.15, 0.2) is 18.3 Å². The van der Waals surface area contributed by atoms with Crippen LogP contribution in [0.3, 0.4) is 0 Å². The summed E-state index contributed by atoms with van der Waals surface area (Å²) < 4.78 is 0. The lowest BCUT2D eigenvalue weighted by Crippen LogP contribution is -2.47. The van der Waals surface area contributed by atoms with Gasteiger partial charge in [0.1, 0.15) is 0 Å². The second-order valence-electron chi connectivity index (χ2n) is 4.46. The molecule has 5 nitrogen and oxygen atoms in total. The molecule has 1 saturated heterocycles. The maximum Gasteiger partial charge on any atom is 0.245 e. The van der Waals surface area contributed by atoms with E-state index >= 15 is 0 Å². The summed E-state index contributed by atoms with van der Waals surface area (Å²) in [5.74, 6) is 1.10. The number of amides is 1. The number of carbonyl (C=O) groups is 1. The lowest BCUT2D eigenvalue weighted by atomic mass is 9.98. The summed E-state index contributed by atoms with van der Waals surface area (Å²) in [5.41, 5.74) is 0. The Morgan fingerprint density at radius 1 is 1.53 bits per heavy atom. The number of nitrogens with one attached hydrogen (secondary N) is 1. The maximum absolute atomic E-state index is 12.4. The van der Waals surface area contributed by atoms with E-state index in [1.54, 1.807) is 17.2 Å². The minimum Gasteiger partial charge on any atom is -0.309 e. The largest absolute Gasteiger partial charge is 0.309 e. The molecule has 1 aliphatic heterocycles. The predicted molar refractivity (Wildman–Crippen MR) is 65.6 cm³/mol. The van der Waals surface area contributed by atoms with Gasteiger partial charge in [-0.1, -0.05) is 6.92 Å². The normalized spacial score (nSPS) is 25.8. The molecule has 0 aliphatic carbocycles. The molecule has 1 aliphatic rings. The van der Waals surface area contributed by atoms with Crippen LogP contribution < -0.4 is 10.2 Å². The quantitative estimate of drug-likeness (QED) is 0.823. The first-order chi connectivity index (χ1) is 8.24. The van der Waals surface area contributed by atoms with Gasteiger partial charge < -0.3 is 5.32 Å². The van der Waals surface area contributed by atoms with E-state index in [0.717, 1.165) is 19.4 Å². The average Bonchev–Trinajstić information content (AvgIpc) is 2.49. The third-order valence-corrected chi connectivity index (χ3v) is 3.29. The Kier molecular flexibility index (Phi) is 3.68. The van der Waals surface area contributed by atoms with E-state index in [1.165, 1.54) is 0 Å². The number of anilines is 1. The van der Waals surface area contributed by atoms with Crippen LogP contribution in [0.4, 0.5) is 5.82 Å². The summed E-state index contributed by atoms with van der Waals surface area (Å²) >= 11 is 0. The van der Waals surface area contributed by atoms with Crippen LogP contribution in [0, 0.1) is 5.92 Å². The van der Waals surface area contributed by atoms with Crippen molar-refractivity contribution in [2.75, 3.05) is 18.5 Å². The summed E-state index contributed by atoms with van der Waals surface area (Å²) in [5, 5.41) is 10.9. The van der Waals surface area contributed by atoms with Crippen molar-refractivity contribution in [2.45, 2.75) is 25.8 Å². The van der Waals surface area contributed by atoms with Crippen LogP contribution in [-0.4, -0.2) is 35.7 Å². The van der Waals surface area contributed by atoms with Crippen LogP contribution in [0.2, 0.25) is 0 Å². The molecule has 5 heteroatoms. The molecular formula is C12H18N4O. The Morgan fingerprint density at radius 3 is 3.00 bits per heavy atom. The van der Waals surface area contributed by atoms with Crippen LogP contribution >= 0.6 is 0 Å². The molecule has 2 atom stereocenters. The molecule has 0 saturated carbocycles. The van der Waals surface area contributed by atoms with E-state index in [9.17, 15) is 4.79 Å². The van der Waals surface area contributed by atoms with Gasteiger partial charge in [-0.15, -0.1) is 5.10 Å². The van der Waals surface area contributed by atoms with E-state index in [-0.39, 0.29) is 11.9 Å². The first-order valence-electron chi connectivity index (χ1n) is 6.00. The predicted octanol–water partition coefficient (Wildman–Crippen LogP) is 0.827. The molecule has 1 aromatic heterocycles. The van der Waals surface area contributed by atoms with Gasteiger partial charge in [-0.05, 0) is 37.9 Å². The van der Waals surface area contributed by atoms with Gasteiger partial charge in [0, 0.05) is 12.7 Å². The first-order valence-corrected chi connectivity index (χ1v) is 6.00. The molecule has 1 N–H and O–H groups in total. The average molecular weight is 234 g/mol. The van der Waals surface area contributed by atoms with Gasteiger partial charge in [-0.3, -0.25) is 9.69 Å². The molecule has 1 aromatic rings. The lowest BCUT2D eigenvalue weighted by molar-refractivity contribution is -0.121. The molecule has 0 bridgehead atoms. The third kappa shape index (κ3) is 2.44. The van der Waals surface area contributed by atoms with Crippen molar-refractivity contribution < 1.29 is 4.79 Å². The van der Waals surface area contributed by atoms with Crippen molar-refractivity contribution in [3.63, 3.8) is 0 Å². The second-order valence-corrected chi connectivity index (χ2v) is 4.46. The zero-order valence-corrected chi connectivity index (χ0v) is 10.3. The van der Waals surface area contributed by atoms with Crippen LogP contribution in [0.25, 0.3) is 0 Å². The summed E-state index contributed by atoms with van der Waals surface area (Å²) in [7, 11) is 1.83. The van der Waals surface area contributed by atoms with E-state index < -0.39 is 0 Å². The molecule has 1 fully saturated rings. The smallest absolute Gasteiger partial charge is 0.245 e. The SMILES string of the molecule is CNC1C(=O)N(c2cccnn2)CCCC1C. The van der Waals surface area contributed by atoms with E-state index in [1.807, 2.05) is 13.1 Å². The number of rotatable bonds is 2. The van der Waals surface area contributed by atoms with Crippen molar-refractivity contribution in [1.29, 1.82) is 0 Å². The van der Waals surface area contributed by atoms with Crippen molar-refractivity contribution in [2.24, 2.45) is 5.92 Å². The second kappa shape index (κ2) is 5.23. The standard InChI is InChI=1S/C12H18N4O/c1-9-5-4-8-16(12(17)11(9)13-2)10-6-3-7-14-15-10/h3,6-7,9,11,13H,4-5,8H2,1-2H3. The monoisotopic (exact) mass is 234 g/mol. The molecule has 2 unspecified atom stereocenters. The summed E-state index contributed by atoms with van der Waals surface area (Å²) in [6.45, 7) is 2.83. The molecule has 0 aromatic carbocycles. The van der Waals surface area contributed by atoms with Gasteiger partial charge in [-0.25, -0.2) is 0 Å². The van der Waals surface area contributed by atoms with E-state index in [4.69, 9.17) is 0 Å². The Morgan fingerprint density at radius 2 is 2.35 bits per heavy atom. The maximum atomic E-state index is 12.4. The fraction of sp³-hybridized carbons (Fsp3) is 0.583. The summed E-state index contributed by atoms with van der Waals surface area (Å²) in [6.07, 6.45) is 3.67. The van der Waals surface area contributed by atoms with Crippen molar-refractivity contribution in [3.05, 3.63) is 18.3 Å². The molecule has 2 heterocycles. The molecule has 92 valence electrons. The van der Waals surface area contributed by atoms with Crippen molar-refractivity contribution in [3.8, 4) is 0 Å². The van der Waals surface area contributed by atoms with E-state index in [2.05, 4.69) is 22.4 Å².